The maximum Gasteiger partial charge on any atom is 0.315 e. The number of ether oxygens (including phenoxy) is 1. The van der Waals surface area contributed by atoms with Gasteiger partial charge in [-0.15, -0.1) is 0 Å². The minimum atomic E-state index is -0.692. The summed E-state index contributed by atoms with van der Waals surface area (Å²) in [6, 6.07) is 2.66. The molecular formula is C18H20N2O5S2. The fourth-order valence-corrected chi connectivity index (χ4v) is 4.76. The molecule has 2 fully saturated rings. The lowest BCUT2D eigenvalue weighted by Gasteiger charge is -2.17. The van der Waals surface area contributed by atoms with Crippen LogP contribution in [0.15, 0.2) is 17.0 Å². The van der Waals surface area contributed by atoms with E-state index in [-0.39, 0.29) is 11.7 Å². The first kappa shape index (κ1) is 19.6. The number of hydrogen-bond acceptors (Lipinski definition) is 7. The van der Waals surface area contributed by atoms with Crippen LogP contribution >= 0.6 is 24.0 Å². The quantitative estimate of drug-likeness (QED) is 0.328. The summed E-state index contributed by atoms with van der Waals surface area (Å²) >= 11 is 6.53. The summed E-state index contributed by atoms with van der Waals surface area (Å²) in [7, 11) is 1.31. The number of phenolic OH excluding ortho intramolecular Hbond substituents is 1. The van der Waals surface area contributed by atoms with E-state index in [1.807, 2.05) is 0 Å². The molecule has 0 bridgehead atoms. The van der Waals surface area contributed by atoms with Gasteiger partial charge in [-0.2, -0.15) is 0 Å². The van der Waals surface area contributed by atoms with Crippen LogP contribution in [0.1, 0.15) is 37.7 Å². The summed E-state index contributed by atoms with van der Waals surface area (Å²) in [6.07, 6.45) is 7.42. The van der Waals surface area contributed by atoms with E-state index >= 15 is 0 Å². The number of amides is 1. The topological polar surface area (TPSA) is 92.9 Å². The second kappa shape index (κ2) is 8.26. The molecule has 0 aromatic heterocycles. The van der Waals surface area contributed by atoms with E-state index in [4.69, 9.17) is 17.0 Å². The molecule has 7 nitrogen and oxygen atoms in total. The lowest BCUT2D eigenvalue weighted by Crippen LogP contribution is -2.30. The van der Waals surface area contributed by atoms with Gasteiger partial charge in [0.05, 0.1) is 16.9 Å². The summed E-state index contributed by atoms with van der Waals surface area (Å²) in [5.74, 6) is -0.0868. The van der Waals surface area contributed by atoms with Crippen LogP contribution in [-0.4, -0.2) is 38.8 Å². The minimum Gasteiger partial charge on any atom is -0.500 e. The number of carbonyl (C=O) groups excluding carboxylic acids is 1. The molecule has 1 amide bonds. The lowest BCUT2D eigenvalue weighted by molar-refractivity contribution is -0.386. The highest BCUT2D eigenvalue weighted by atomic mass is 32.2. The molecule has 1 N–H and O–H groups in total. The van der Waals surface area contributed by atoms with Crippen LogP contribution in [0.5, 0.6) is 11.5 Å². The van der Waals surface area contributed by atoms with E-state index in [2.05, 4.69) is 0 Å². The highest BCUT2D eigenvalue weighted by Gasteiger charge is 2.32. The van der Waals surface area contributed by atoms with Gasteiger partial charge in [-0.3, -0.25) is 19.8 Å². The van der Waals surface area contributed by atoms with Gasteiger partial charge in [0.15, 0.2) is 5.75 Å². The monoisotopic (exact) mass is 408 g/mol. The second-order valence-corrected chi connectivity index (χ2v) is 8.30. The summed E-state index contributed by atoms with van der Waals surface area (Å²) in [5, 5.41) is 21.0. The molecule has 1 saturated heterocycles. The van der Waals surface area contributed by atoms with Crippen LogP contribution in [-0.2, 0) is 4.79 Å². The van der Waals surface area contributed by atoms with E-state index in [1.54, 1.807) is 11.0 Å². The summed E-state index contributed by atoms with van der Waals surface area (Å²) in [6.45, 7) is 0.603. The first-order valence-electron chi connectivity index (χ1n) is 8.71. The Hall–Kier alpha value is -2.13. The van der Waals surface area contributed by atoms with Gasteiger partial charge in [0.25, 0.3) is 5.91 Å². The highest BCUT2D eigenvalue weighted by Crippen LogP contribution is 2.39. The molecule has 1 aliphatic carbocycles. The van der Waals surface area contributed by atoms with Crippen LogP contribution < -0.4 is 4.74 Å². The van der Waals surface area contributed by atoms with Crippen LogP contribution in [0, 0.1) is 16.0 Å². The van der Waals surface area contributed by atoms with E-state index in [1.165, 1.54) is 56.7 Å². The fraction of sp³-hybridized carbons (Fsp3) is 0.444. The molecule has 1 aliphatic heterocycles. The molecule has 0 unspecified atom stereocenters. The standard InChI is InChI=1S/C18H20N2O5S2/c1-25-14-9-12(8-13(16(14)21)20(23)24)10-15-17(22)19(18(26)27-15)7-6-11-4-2-3-5-11/h8-11,21H,2-7H2,1H3/b15-10-. The maximum atomic E-state index is 12.7. The minimum absolute atomic E-state index is 0.0211. The van der Waals surface area contributed by atoms with Crippen molar-refractivity contribution in [3.63, 3.8) is 0 Å². The molecule has 0 atom stereocenters. The molecule has 1 heterocycles. The molecular weight excluding hydrogens is 388 g/mol. The highest BCUT2D eigenvalue weighted by molar-refractivity contribution is 8.26. The van der Waals surface area contributed by atoms with Crippen molar-refractivity contribution in [1.29, 1.82) is 0 Å². The number of hydrogen-bond donors (Lipinski definition) is 1. The number of rotatable bonds is 6. The van der Waals surface area contributed by atoms with Crippen molar-refractivity contribution < 1.29 is 19.6 Å². The number of nitro groups is 1. The molecule has 144 valence electrons. The fourth-order valence-electron chi connectivity index (χ4n) is 3.45. The van der Waals surface area contributed by atoms with Gasteiger partial charge in [0.1, 0.15) is 4.32 Å². The van der Waals surface area contributed by atoms with Crippen molar-refractivity contribution in [2.24, 2.45) is 5.92 Å². The average molecular weight is 409 g/mol. The van der Waals surface area contributed by atoms with Crippen LogP contribution in [0.4, 0.5) is 5.69 Å². The Bertz CT molecular complexity index is 818. The molecule has 0 radical (unpaired) electrons. The van der Waals surface area contributed by atoms with Gasteiger partial charge in [-0.1, -0.05) is 49.7 Å². The Balaban J connectivity index is 1.80. The molecule has 0 spiro atoms. The third-order valence-electron chi connectivity index (χ3n) is 4.90. The SMILES string of the molecule is COc1cc(/C=C2\SC(=S)N(CCC3CCCC3)C2=O)cc([N+](=O)[O-])c1O. The van der Waals surface area contributed by atoms with E-state index in [0.29, 0.717) is 27.3 Å². The maximum absolute atomic E-state index is 12.7. The average Bonchev–Trinajstić information content (AvgIpc) is 3.23. The third-order valence-corrected chi connectivity index (χ3v) is 6.28. The zero-order valence-corrected chi connectivity index (χ0v) is 16.5. The second-order valence-electron chi connectivity index (χ2n) is 6.62. The Morgan fingerprint density at radius 3 is 2.78 bits per heavy atom. The van der Waals surface area contributed by atoms with Gasteiger partial charge in [-0.05, 0) is 30.0 Å². The molecule has 1 saturated carbocycles. The predicted molar refractivity (Wildman–Crippen MR) is 108 cm³/mol. The molecule has 1 aromatic rings. The van der Waals surface area contributed by atoms with Gasteiger partial charge >= 0.3 is 5.69 Å². The van der Waals surface area contributed by atoms with Gasteiger partial charge in [-0.25, -0.2) is 0 Å². The van der Waals surface area contributed by atoms with Crippen molar-refractivity contribution >= 4 is 46.0 Å². The van der Waals surface area contributed by atoms with E-state index < -0.39 is 16.4 Å². The predicted octanol–water partition coefficient (Wildman–Crippen LogP) is 4.09. The van der Waals surface area contributed by atoms with Gasteiger partial charge < -0.3 is 9.84 Å². The van der Waals surface area contributed by atoms with Crippen molar-refractivity contribution in [2.45, 2.75) is 32.1 Å². The largest absolute Gasteiger partial charge is 0.500 e. The number of thiocarbonyl (C=S) groups is 1. The molecule has 27 heavy (non-hydrogen) atoms. The number of nitro benzene ring substituents is 1. The molecule has 9 heteroatoms. The molecule has 1 aromatic carbocycles. The number of carbonyl (C=O) groups is 1. The van der Waals surface area contributed by atoms with Crippen molar-refractivity contribution in [2.75, 3.05) is 13.7 Å². The van der Waals surface area contributed by atoms with E-state index in [0.717, 1.165) is 6.42 Å². The smallest absolute Gasteiger partial charge is 0.315 e. The van der Waals surface area contributed by atoms with Crippen molar-refractivity contribution in [3.8, 4) is 11.5 Å². The summed E-state index contributed by atoms with van der Waals surface area (Å²) in [5.41, 5.74) is -0.0787. The Kier molecular flexibility index (Phi) is 6.01. The van der Waals surface area contributed by atoms with Crippen molar-refractivity contribution in [3.05, 3.63) is 32.7 Å². The normalized spacial score (nSPS) is 19.3. The Morgan fingerprint density at radius 1 is 1.44 bits per heavy atom. The number of aromatic hydroxyl groups is 1. The first-order valence-corrected chi connectivity index (χ1v) is 9.94. The first-order chi connectivity index (χ1) is 12.9. The summed E-state index contributed by atoms with van der Waals surface area (Å²) in [4.78, 5) is 25.2. The van der Waals surface area contributed by atoms with Crippen LogP contribution in [0.3, 0.4) is 0 Å². The van der Waals surface area contributed by atoms with E-state index in [9.17, 15) is 20.0 Å². The number of thioether (sulfide) groups is 1. The number of benzene rings is 1. The van der Waals surface area contributed by atoms with Crippen LogP contribution in [0.25, 0.3) is 6.08 Å². The number of methoxy groups -OCH3 is 1. The zero-order valence-electron chi connectivity index (χ0n) is 14.8. The third kappa shape index (κ3) is 4.24. The molecule has 2 aliphatic rings. The Labute approximate surface area is 166 Å². The Morgan fingerprint density at radius 2 is 2.15 bits per heavy atom. The number of nitrogens with zero attached hydrogens (tertiary/aromatic N) is 2. The van der Waals surface area contributed by atoms with Crippen LogP contribution in [0.2, 0.25) is 0 Å². The molecule has 3 rings (SSSR count). The number of phenols is 1. The lowest BCUT2D eigenvalue weighted by atomic mass is 10.0. The zero-order chi connectivity index (χ0) is 19.6. The van der Waals surface area contributed by atoms with Crippen molar-refractivity contribution in [1.82, 2.24) is 4.90 Å². The summed E-state index contributed by atoms with van der Waals surface area (Å²) < 4.78 is 5.50. The van der Waals surface area contributed by atoms with Gasteiger partial charge in [0.2, 0.25) is 5.75 Å². The van der Waals surface area contributed by atoms with Gasteiger partial charge in [0, 0.05) is 12.6 Å².